The molecule has 2 aliphatic rings. The highest BCUT2D eigenvalue weighted by Crippen LogP contribution is 2.47. The Morgan fingerprint density at radius 2 is 1.61 bits per heavy atom. The third-order valence-corrected chi connectivity index (χ3v) is 6.38. The summed E-state index contributed by atoms with van der Waals surface area (Å²) in [7, 11) is 0. The smallest absolute Gasteiger partial charge is 0.338 e. The topological polar surface area (TPSA) is 75.7 Å². The lowest BCUT2D eigenvalue weighted by Crippen LogP contribution is -2.32. The largest absolute Gasteiger partial charge is 0.452 e. The molecular formula is C24H18N2O4S. The number of hydrogen-bond acceptors (Lipinski definition) is 5. The van der Waals surface area contributed by atoms with E-state index in [-0.39, 0.29) is 18.4 Å². The lowest BCUT2D eigenvalue weighted by Gasteiger charge is -2.30. The molecule has 31 heavy (non-hydrogen) atoms. The molecule has 0 bridgehead atoms. The Labute approximate surface area is 183 Å². The van der Waals surface area contributed by atoms with Crippen molar-refractivity contribution in [1.29, 1.82) is 0 Å². The number of aryl methyl sites for hydroxylation is 1. The SMILES string of the molecule is O=C1CCc2cc(C(=O)OCC(=O)N3c4ccccc4Sc4ccccc43)ccc2N1. The Balaban J connectivity index is 1.34. The summed E-state index contributed by atoms with van der Waals surface area (Å²) in [6.45, 7) is -0.375. The highest BCUT2D eigenvalue weighted by atomic mass is 32.2. The fraction of sp³-hybridized carbons (Fsp3) is 0.125. The second kappa shape index (κ2) is 7.92. The first kappa shape index (κ1) is 19.4. The van der Waals surface area contributed by atoms with Crippen LogP contribution in [0.4, 0.5) is 17.1 Å². The molecule has 7 heteroatoms. The van der Waals surface area contributed by atoms with Crippen LogP contribution < -0.4 is 10.2 Å². The van der Waals surface area contributed by atoms with Crippen LogP contribution in [-0.2, 0) is 20.7 Å². The van der Waals surface area contributed by atoms with E-state index < -0.39 is 5.97 Å². The number of rotatable bonds is 3. The van der Waals surface area contributed by atoms with Crippen LogP contribution >= 0.6 is 11.8 Å². The van der Waals surface area contributed by atoms with Gasteiger partial charge in [-0.3, -0.25) is 14.5 Å². The summed E-state index contributed by atoms with van der Waals surface area (Å²) in [4.78, 5) is 40.8. The molecule has 0 radical (unpaired) electrons. The number of hydrogen-bond donors (Lipinski definition) is 1. The molecule has 2 heterocycles. The standard InChI is InChI=1S/C24H18N2O4S/c27-22-12-10-15-13-16(9-11-17(15)25-22)24(29)30-14-23(28)26-18-5-1-3-7-20(18)31-21-8-4-2-6-19(21)26/h1-9,11,13H,10,12,14H2,(H,25,27). The Hall–Kier alpha value is -3.58. The number of nitrogens with one attached hydrogen (secondary N) is 1. The summed E-state index contributed by atoms with van der Waals surface area (Å²) in [5.74, 6) is -0.923. The fourth-order valence-electron chi connectivity index (χ4n) is 3.76. The van der Waals surface area contributed by atoms with Crippen molar-refractivity contribution in [2.24, 2.45) is 0 Å². The molecule has 2 amide bonds. The molecule has 0 spiro atoms. The van der Waals surface area contributed by atoms with Gasteiger partial charge in [-0.05, 0) is 54.4 Å². The van der Waals surface area contributed by atoms with E-state index in [0.29, 0.717) is 24.1 Å². The molecule has 0 saturated carbocycles. The van der Waals surface area contributed by atoms with Gasteiger partial charge in [0, 0.05) is 21.9 Å². The number of para-hydroxylation sites is 2. The maximum absolute atomic E-state index is 13.1. The fourth-order valence-corrected chi connectivity index (χ4v) is 4.82. The molecule has 5 rings (SSSR count). The van der Waals surface area contributed by atoms with Crippen molar-refractivity contribution in [3.63, 3.8) is 0 Å². The molecule has 0 atom stereocenters. The molecule has 3 aromatic carbocycles. The number of carbonyl (C=O) groups is 3. The van der Waals surface area contributed by atoms with Gasteiger partial charge in [0.05, 0.1) is 16.9 Å². The zero-order valence-corrected chi connectivity index (χ0v) is 17.3. The molecular weight excluding hydrogens is 412 g/mol. The van der Waals surface area contributed by atoms with Gasteiger partial charge in [0.1, 0.15) is 0 Å². The van der Waals surface area contributed by atoms with Gasteiger partial charge in [0.25, 0.3) is 5.91 Å². The monoisotopic (exact) mass is 430 g/mol. The van der Waals surface area contributed by atoms with Crippen LogP contribution in [0.5, 0.6) is 0 Å². The number of anilines is 3. The molecule has 0 aliphatic carbocycles. The first-order valence-corrected chi connectivity index (χ1v) is 10.7. The van der Waals surface area contributed by atoms with E-state index in [1.807, 2.05) is 48.5 Å². The van der Waals surface area contributed by atoms with E-state index in [2.05, 4.69) is 5.32 Å². The Kier molecular flexibility index (Phi) is 4.95. The number of carbonyl (C=O) groups excluding carboxylic acids is 3. The van der Waals surface area contributed by atoms with Crippen LogP contribution in [0.2, 0.25) is 0 Å². The van der Waals surface area contributed by atoms with E-state index in [0.717, 1.165) is 26.7 Å². The minimum Gasteiger partial charge on any atom is -0.452 e. The minimum absolute atomic E-state index is 0.0336. The zero-order valence-electron chi connectivity index (χ0n) is 16.5. The van der Waals surface area contributed by atoms with Gasteiger partial charge in [-0.2, -0.15) is 0 Å². The predicted molar refractivity (Wildman–Crippen MR) is 118 cm³/mol. The van der Waals surface area contributed by atoms with Gasteiger partial charge in [0.15, 0.2) is 6.61 Å². The van der Waals surface area contributed by atoms with Crippen molar-refractivity contribution in [2.75, 3.05) is 16.8 Å². The summed E-state index contributed by atoms with van der Waals surface area (Å²) < 4.78 is 5.36. The van der Waals surface area contributed by atoms with Crippen molar-refractivity contribution in [3.8, 4) is 0 Å². The quantitative estimate of drug-likeness (QED) is 0.617. The Morgan fingerprint density at radius 1 is 0.935 bits per heavy atom. The normalized spacial score (nSPS) is 14.1. The number of amides is 2. The van der Waals surface area contributed by atoms with E-state index in [1.54, 1.807) is 34.9 Å². The summed E-state index contributed by atoms with van der Waals surface area (Å²) in [5.41, 5.74) is 3.51. The summed E-state index contributed by atoms with van der Waals surface area (Å²) in [6, 6.07) is 20.3. The number of esters is 1. The summed E-state index contributed by atoms with van der Waals surface area (Å²) >= 11 is 1.61. The molecule has 6 nitrogen and oxygen atoms in total. The first-order valence-electron chi connectivity index (χ1n) is 9.89. The van der Waals surface area contributed by atoms with Gasteiger partial charge < -0.3 is 10.1 Å². The number of fused-ring (bicyclic) bond motifs is 3. The number of nitrogens with zero attached hydrogens (tertiary/aromatic N) is 1. The molecule has 0 unspecified atom stereocenters. The average Bonchev–Trinajstić information content (AvgIpc) is 2.80. The van der Waals surface area contributed by atoms with Gasteiger partial charge in [-0.15, -0.1) is 0 Å². The highest BCUT2D eigenvalue weighted by molar-refractivity contribution is 7.99. The van der Waals surface area contributed by atoms with Crippen molar-refractivity contribution < 1.29 is 19.1 Å². The predicted octanol–water partition coefficient (Wildman–Crippen LogP) is 4.56. The first-order chi connectivity index (χ1) is 15.1. The third kappa shape index (κ3) is 3.68. The summed E-state index contributed by atoms with van der Waals surface area (Å²) in [5, 5.41) is 2.78. The molecule has 1 N–H and O–H groups in total. The van der Waals surface area contributed by atoms with Crippen molar-refractivity contribution in [3.05, 3.63) is 77.9 Å². The van der Waals surface area contributed by atoms with Crippen LogP contribution in [0.25, 0.3) is 0 Å². The molecule has 3 aromatic rings. The Morgan fingerprint density at radius 3 is 2.32 bits per heavy atom. The van der Waals surface area contributed by atoms with Crippen molar-refractivity contribution >= 4 is 46.6 Å². The molecule has 0 aromatic heterocycles. The van der Waals surface area contributed by atoms with Crippen molar-refractivity contribution in [2.45, 2.75) is 22.6 Å². The molecule has 2 aliphatic heterocycles. The highest BCUT2D eigenvalue weighted by Gasteiger charge is 2.28. The Bertz CT molecular complexity index is 1180. The second-order valence-corrected chi connectivity index (χ2v) is 8.35. The third-order valence-electron chi connectivity index (χ3n) is 5.24. The molecule has 154 valence electrons. The van der Waals surface area contributed by atoms with Crippen LogP contribution in [0.15, 0.2) is 76.5 Å². The lowest BCUT2D eigenvalue weighted by atomic mass is 10.0. The van der Waals surface area contributed by atoms with Crippen molar-refractivity contribution in [1.82, 2.24) is 0 Å². The van der Waals surface area contributed by atoms with Crippen LogP contribution in [0.1, 0.15) is 22.3 Å². The number of benzene rings is 3. The second-order valence-electron chi connectivity index (χ2n) is 7.26. The van der Waals surface area contributed by atoms with Gasteiger partial charge >= 0.3 is 5.97 Å². The van der Waals surface area contributed by atoms with Crippen LogP contribution in [0.3, 0.4) is 0 Å². The van der Waals surface area contributed by atoms with Gasteiger partial charge in [-0.1, -0.05) is 36.0 Å². The summed E-state index contributed by atoms with van der Waals surface area (Å²) in [6.07, 6.45) is 0.954. The van der Waals surface area contributed by atoms with Crippen LogP contribution in [0, 0.1) is 0 Å². The zero-order chi connectivity index (χ0) is 21.4. The maximum Gasteiger partial charge on any atom is 0.338 e. The van der Waals surface area contributed by atoms with E-state index in [4.69, 9.17) is 4.74 Å². The van der Waals surface area contributed by atoms with E-state index in [1.165, 1.54) is 0 Å². The minimum atomic E-state index is -0.569. The lowest BCUT2D eigenvalue weighted by molar-refractivity contribution is -0.121. The van der Waals surface area contributed by atoms with Crippen LogP contribution in [-0.4, -0.2) is 24.4 Å². The van der Waals surface area contributed by atoms with Gasteiger partial charge in [-0.25, -0.2) is 4.79 Å². The van der Waals surface area contributed by atoms with E-state index >= 15 is 0 Å². The van der Waals surface area contributed by atoms with Gasteiger partial charge in [0.2, 0.25) is 5.91 Å². The number of ether oxygens (including phenoxy) is 1. The maximum atomic E-state index is 13.1. The average molecular weight is 430 g/mol. The molecule has 0 saturated heterocycles. The molecule has 0 fully saturated rings. The van der Waals surface area contributed by atoms with E-state index in [9.17, 15) is 14.4 Å².